The fourth-order valence-electron chi connectivity index (χ4n) is 3.31. The van der Waals surface area contributed by atoms with Crippen molar-refractivity contribution in [1.82, 2.24) is 0 Å². The number of carbonyl (C=O) groups excluding carboxylic acids is 2. The number of ether oxygens (including phenoxy) is 3. The molecule has 5 nitrogen and oxygen atoms in total. The molecule has 0 aliphatic heterocycles. The third kappa shape index (κ3) is 10.9. The highest BCUT2D eigenvalue weighted by Gasteiger charge is 2.09. The summed E-state index contributed by atoms with van der Waals surface area (Å²) < 4.78 is 16.2. The van der Waals surface area contributed by atoms with Crippen LogP contribution in [0.5, 0.6) is 11.5 Å². The molecule has 0 amide bonds. The van der Waals surface area contributed by atoms with E-state index in [0.29, 0.717) is 24.5 Å². The van der Waals surface area contributed by atoms with Gasteiger partial charge in [-0.25, -0.2) is 9.59 Å². The molecule has 2 aromatic carbocycles. The zero-order valence-electron chi connectivity index (χ0n) is 19.7. The van der Waals surface area contributed by atoms with Crippen molar-refractivity contribution >= 4 is 11.9 Å². The van der Waals surface area contributed by atoms with Crippen molar-refractivity contribution in [2.45, 2.75) is 64.7 Å². The van der Waals surface area contributed by atoms with E-state index in [-0.39, 0.29) is 11.9 Å². The monoisotopic (exact) mass is 452 g/mol. The summed E-state index contributed by atoms with van der Waals surface area (Å²) in [5.74, 6) is 0.547. The van der Waals surface area contributed by atoms with Crippen molar-refractivity contribution in [3.05, 3.63) is 72.3 Å². The predicted octanol–water partition coefficient (Wildman–Crippen LogP) is 6.70. The van der Waals surface area contributed by atoms with Gasteiger partial charge in [-0.3, -0.25) is 0 Å². The van der Waals surface area contributed by atoms with Crippen LogP contribution in [0.3, 0.4) is 0 Å². The highest BCUT2D eigenvalue weighted by molar-refractivity contribution is 5.91. The van der Waals surface area contributed by atoms with Crippen LogP contribution in [0.15, 0.2) is 61.2 Å². The fourth-order valence-corrected chi connectivity index (χ4v) is 3.31. The summed E-state index contributed by atoms with van der Waals surface area (Å²) in [5.41, 5.74) is 1.71. The Bertz CT molecular complexity index is 840. The number of carbonyl (C=O) groups is 2. The first kappa shape index (κ1) is 26.2. The van der Waals surface area contributed by atoms with Gasteiger partial charge in [0.15, 0.2) is 0 Å². The molecule has 0 radical (unpaired) electrons. The molecule has 0 bridgehead atoms. The molecule has 0 fully saturated rings. The summed E-state index contributed by atoms with van der Waals surface area (Å²) in [5, 5.41) is 0. The lowest BCUT2D eigenvalue weighted by molar-refractivity contribution is -0.137. The average Bonchev–Trinajstić information content (AvgIpc) is 2.84. The molecule has 2 rings (SSSR count). The molecule has 0 saturated carbocycles. The maximum Gasteiger partial charge on any atom is 0.343 e. The number of benzene rings is 2. The number of hydrogen-bond acceptors (Lipinski definition) is 5. The van der Waals surface area contributed by atoms with Gasteiger partial charge >= 0.3 is 11.9 Å². The van der Waals surface area contributed by atoms with Crippen molar-refractivity contribution in [3.63, 3.8) is 0 Å². The molecule has 0 N–H and O–H groups in total. The Morgan fingerprint density at radius 3 is 2.12 bits per heavy atom. The highest BCUT2D eigenvalue weighted by atomic mass is 16.5. The first-order valence-corrected chi connectivity index (χ1v) is 12.0. The van der Waals surface area contributed by atoms with Crippen molar-refractivity contribution in [1.29, 1.82) is 0 Å². The minimum absolute atomic E-state index is 0.368. The first-order valence-electron chi connectivity index (χ1n) is 12.0. The van der Waals surface area contributed by atoms with E-state index in [2.05, 4.69) is 13.5 Å². The SMILES string of the molecule is C=CC(=O)OCCCCCCc1ccc(C(=O)Oc2ccc(OCCCCCC)cc2)cc1. The van der Waals surface area contributed by atoms with Gasteiger partial charge in [0.05, 0.1) is 18.8 Å². The minimum atomic E-state index is -0.371. The topological polar surface area (TPSA) is 61.8 Å². The van der Waals surface area contributed by atoms with Crippen LogP contribution in [-0.2, 0) is 16.0 Å². The molecule has 178 valence electrons. The molecule has 0 atom stereocenters. The Hall–Kier alpha value is -3.08. The Morgan fingerprint density at radius 2 is 1.42 bits per heavy atom. The maximum atomic E-state index is 12.4. The largest absolute Gasteiger partial charge is 0.494 e. The van der Waals surface area contributed by atoms with E-state index in [1.54, 1.807) is 24.3 Å². The molecular weight excluding hydrogens is 416 g/mol. The summed E-state index contributed by atoms with van der Waals surface area (Å²) in [6.45, 7) is 6.71. The van der Waals surface area contributed by atoms with E-state index in [9.17, 15) is 9.59 Å². The second-order valence-electron chi connectivity index (χ2n) is 8.00. The summed E-state index contributed by atoms with van der Waals surface area (Å²) in [7, 11) is 0. The molecule has 2 aromatic rings. The molecular formula is C28H36O5. The van der Waals surface area contributed by atoms with E-state index >= 15 is 0 Å². The van der Waals surface area contributed by atoms with Crippen LogP contribution in [0.1, 0.15) is 74.2 Å². The molecule has 0 aliphatic rings. The number of aryl methyl sites for hydroxylation is 1. The maximum absolute atomic E-state index is 12.4. The molecule has 33 heavy (non-hydrogen) atoms. The van der Waals surface area contributed by atoms with Gasteiger partial charge in [-0.1, -0.05) is 57.7 Å². The van der Waals surface area contributed by atoms with E-state index in [1.807, 2.05) is 24.3 Å². The standard InChI is InChI=1S/C28H36O5/c1-3-5-6-10-21-31-25-17-19-26(20-18-25)33-28(30)24-15-13-23(14-16-24)12-9-7-8-11-22-32-27(29)4-2/h4,13-20H,2-3,5-12,21-22H2,1H3. The van der Waals surface area contributed by atoms with Gasteiger partial charge in [0.1, 0.15) is 11.5 Å². The van der Waals surface area contributed by atoms with Gasteiger partial charge in [-0.05, 0) is 67.6 Å². The van der Waals surface area contributed by atoms with Crippen LogP contribution >= 0.6 is 0 Å². The average molecular weight is 453 g/mol. The van der Waals surface area contributed by atoms with Gasteiger partial charge in [-0.2, -0.15) is 0 Å². The number of unbranched alkanes of at least 4 members (excludes halogenated alkanes) is 6. The number of esters is 2. The fraction of sp³-hybridized carbons (Fsp3) is 0.429. The number of rotatable bonds is 16. The first-order chi connectivity index (χ1) is 16.1. The van der Waals surface area contributed by atoms with Gasteiger partial charge in [-0.15, -0.1) is 0 Å². The van der Waals surface area contributed by atoms with Gasteiger partial charge < -0.3 is 14.2 Å². The third-order valence-corrected chi connectivity index (χ3v) is 5.26. The van der Waals surface area contributed by atoms with Gasteiger partial charge in [0.2, 0.25) is 0 Å². The lowest BCUT2D eigenvalue weighted by Gasteiger charge is -2.08. The molecule has 0 aromatic heterocycles. The lowest BCUT2D eigenvalue weighted by atomic mass is 10.0. The van der Waals surface area contributed by atoms with Crippen LogP contribution in [0, 0.1) is 0 Å². The highest BCUT2D eigenvalue weighted by Crippen LogP contribution is 2.19. The summed E-state index contributed by atoms with van der Waals surface area (Å²) in [6.07, 6.45) is 10.8. The Kier molecular flexibility index (Phi) is 12.4. The predicted molar refractivity (Wildman–Crippen MR) is 131 cm³/mol. The molecule has 0 aliphatic carbocycles. The molecule has 0 heterocycles. The van der Waals surface area contributed by atoms with Crippen molar-refractivity contribution in [2.75, 3.05) is 13.2 Å². The lowest BCUT2D eigenvalue weighted by Crippen LogP contribution is -2.08. The Balaban J connectivity index is 1.66. The van der Waals surface area contributed by atoms with Crippen LogP contribution < -0.4 is 9.47 Å². The summed E-state index contributed by atoms with van der Waals surface area (Å²) in [6, 6.07) is 14.7. The quantitative estimate of drug-likeness (QED) is 0.123. The summed E-state index contributed by atoms with van der Waals surface area (Å²) >= 11 is 0. The van der Waals surface area contributed by atoms with Crippen molar-refractivity contribution in [3.8, 4) is 11.5 Å². The van der Waals surface area contributed by atoms with E-state index in [0.717, 1.165) is 44.3 Å². The second kappa shape index (κ2) is 15.7. The smallest absolute Gasteiger partial charge is 0.343 e. The minimum Gasteiger partial charge on any atom is -0.494 e. The van der Waals surface area contributed by atoms with Crippen molar-refractivity contribution < 1.29 is 23.8 Å². The molecule has 0 spiro atoms. The van der Waals surface area contributed by atoms with E-state index < -0.39 is 0 Å². The van der Waals surface area contributed by atoms with Crippen LogP contribution in [0.4, 0.5) is 0 Å². The van der Waals surface area contributed by atoms with Gasteiger partial charge in [0, 0.05) is 6.08 Å². The van der Waals surface area contributed by atoms with E-state index in [4.69, 9.17) is 14.2 Å². The summed E-state index contributed by atoms with van der Waals surface area (Å²) in [4.78, 5) is 23.4. The zero-order valence-corrected chi connectivity index (χ0v) is 19.7. The van der Waals surface area contributed by atoms with Crippen LogP contribution in [-0.4, -0.2) is 25.2 Å². The number of hydrogen-bond donors (Lipinski definition) is 0. The van der Waals surface area contributed by atoms with Crippen LogP contribution in [0.25, 0.3) is 0 Å². The van der Waals surface area contributed by atoms with E-state index in [1.165, 1.54) is 30.9 Å². The van der Waals surface area contributed by atoms with Crippen LogP contribution in [0.2, 0.25) is 0 Å². The Morgan fingerprint density at radius 1 is 0.788 bits per heavy atom. The van der Waals surface area contributed by atoms with Gasteiger partial charge in [0.25, 0.3) is 0 Å². The van der Waals surface area contributed by atoms with Crippen molar-refractivity contribution in [2.24, 2.45) is 0 Å². The molecule has 0 unspecified atom stereocenters. The normalized spacial score (nSPS) is 10.5. The third-order valence-electron chi connectivity index (χ3n) is 5.26. The Labute approximate surface area is 197 Å². The molecule has 5 heteroatoms. The molecule has 0 saturated heterocycles. The second-order valence-corrected chi connectivity index (χ2v) is 8.00. The zero-order chi connectivity index (χ0) is 23.7.